The molecule has 1 atom stereocenters. The molecule has 2 heterocycles. The molecule has 7 nitrogen and oxygen atoms in total. The van der Waals surface area contributed by atoms with Gasteiger partial charge in [-0.1, -0.05) is 12.1 Å². The smallest absolute Gasteiger partial charge is 0.350 e. The molecule has 0 amide bonds. The van der Waals surface area contributed by atoms with Gasteiger partial charge in [0, 0.05) is 20.0 Å². The number of nitrogens with zero attached hydrogens (tertiary/aromatic N) is 3. The Morgan fingerprint density at radius 2 is 2.03 bits per heavy atom. The topological polar surface area (TPSA) is 88.5 Å². The second kappa shape index (κ2) is 12.3. The third kappa shape index (κ3) is 6.84. The number of hydrogen-bond acceptors (Lipinski definition) is 7. The number of aliphatic imine (C=N–C) groups is 1. The van der Waals surface area contributed by atoms with E-state index >= 15 is 0 Å². The van der Waals surface area contributed by atoms with E-state index in [-0.39, 0.29) is 36.0 Å². The number of guanidine groups is 1. The van der Waals surface area contributed by atoms with E-state index in [4.69, 9.17) is 4.74 Å². The molecule has 31 heavy (non-hydrogen) atoms. The molecule has 3 rings (SSSR count). The second-order valence-corrected chi connectivity index (χ2v) is 8.88. The van der Waals surface area contributed by atoms with Crippen LogP contribution in [0, 0.1) is 6.92 Å². The molecule has 2 aromatic heterocycles. The normalized spacial score (nSPS) is 12.3. The zero-order valence-electron chi connectivity index (χ0n) is 18.1. The average molecular weight is 574 g/mol. The van der Waals surface area contributed by atoms with Gasteiger partial charge in [0.15, 0.2) is 5.96 Å². The Kier molecular flexibility index (Phi) is 10.1. The van der Waals surface area contributed by atoms with Gasteiger partial charge in [-0.05, 0) is 39.3 Å². The highest BCUT2D eigenvalue weighted by atomic mass is 127. The van der Waals surface area contributed by atoms with Gasteiger partial charge in [-0.2, -0.15) is 0 Å². The first kappa shape index (κ1) is 25.5. The molecule has 0 saturated heterocycles. The van der Waals surface area contributed by atoms with Gasteiger partial charge in [0.2, 0.25) is 0 Å². The van der Waals surface area contributed by atoms with Crippen molar-refractivity contribution >= 4 is 68.8 Å². The fraction of sp³-hybridized carbons (Fsp3) is 0.429. The van der Waals surface area contributed by atoms with Crippen LogP contribution < -0.4 is 10.6 Å². The fourth-order valence-corrected chi connectivity index (χ4v) is 4.90. The summed E-state index contributed by atoms with van der Waals surface area (Å²) in [5, 5.41) is 8.65. The lowest BCUT2D eigenvalue weighted by Crippen LogP contribution is -2.39. The van der Waals surface area contributed by atoms with Crippen LogP contribution in [-0.2, 0) is 11.2 Å². The Bertz CT molecular complexity index is 1000. The van der Waals surface area contributed by atoms with Crippen molar-refractivity contribution in [3.8, 4) is 0 Å². The van der Waals surface area contributed by atoms with E-state index in [2.05, 4.69) is 37.7 Å². The van der Waals surface area contributed by atoms with Crippen LogP contribution in [0.1, 0.15) is 51.7 Å². The van der Waals surface area contributed by atoms with Gasteiger partial charge in [-0.15, -0.1) is 46.7 Å². The van der Waals surface area contributed by atoms with E-state index < -0.39 is 0 Å². The molecular formula is C21H28IN5O2S2. The maximum absolute atomic E-state index is 12.0. The number of hydrogen-bond donors (Lipinski definition) is 2. The largest absolute Gasteiger partial charge is 0.462 e. The zero-order chi connectivity index (χ0) is 21.5. The number of para-hydroxylation sites is 1. The van der Waals surface area contributed by atoms with Gasteiger partial charge in [0.25, 0.3) is 0 Å². The molecule has 3 aromatic rings. The molecule has 0 saturated carbocycles. The number of halogens is 1. The predicted molar refractivity (Wildman–Crippen MR) is 139 cm³/mol. The molecule has 0 aliphatic rings. The van der Waals surface area contributed by atoms with Gasteiger partial charge >= 0.3 is 5.97 Å². The van der Waals surface area contributed by atoms with Crippen LogP contribution in [0.15, 0.2) is 29.3 Å². The lowest BCUT2D eigenvalue weighted by Gasteiger charge is -2.16. The summed E-state index contributed by atoms with van der Waals surface area (Å²) < 4.78 is 6.33. The number of fused-ring (bicyclic) bond motifs is 1. The summed E-state index contributed by atoms with van der Waals surface area (Å²) in [4.78, 5) is 26.1. The average Bonchev–Trinajstić information content (AvgIpc) is 3.33. The number of rotatable bonds is 8. The number of thiazole rings is 2. The quantitative estimate of drug-likeness (QED) is 0.133. The van der Waals surface area contributed by atoms with Crippen molar-refractivity contribution in [2.24, 2.45) is 4.99 Å². The minimum absolute atomic E-state index is 0. The van der Waals surface area contributed by atoms with Crippen LogP contribution in [0.4, 0.5) is 0 Å². The number of aromatic nitrogens is 2. The van der Waals surface area contributed by atoms with Gasteiger partial charge in [0.05, 0.1) is 33.6 Å². The molecular weight excluding hydrogens is 545 g/mol. The van der Waals surface area contributed by atoms with Crippen molar-refractivity contribution in [3.05, 3.63) is 44.9 Å². The Morgan fingerprint density at radius 1 is 1.26 bits per heavy atom. The maximum Gasteiger partial charge on any atom is 0.350 e. The Hall–Kier alpha value is -1.79. The Morgan fingerprint density at radius 3 is 2.74 bits per heavy atom. The third-order valence-corrected chi connectivity index (χ3v) is 6.84. The van der Waals surface area contributed by atoms with Crippen LogP contribution in [-0.4, -0.2) is 42.1 Å². The monoisotopic (exact) mass is 573 g/mol. The van der Waals surface area contributed by atoms with Gasteiger partial charge in [0.1, 0.15) is 9.88 Å². The third-order valence-electron chi connectivity index (χ3n) is 4.42. The molecule has 2 N–H and O–H groups in total. The van der Waals surface area contributed by atoms with Gasteiger partial charge < -0.3 is 15.4 Å². The van der Waals surface area contributed by atoms with E-state index in [0.717, 1.165) is 34.9 Å². The van der Waals surface area contributed by atoms with Crippen LogP contribution >= 0.6 is 46.7 Å². The maximum atomic E-state index is 12.0. The van der Waals surface area contributed by atoms with Crippen molar-refractivity contribution in [2.75, 3.05) is 20.2 Å². The molecule has 1 aromatic carbocycles. The van der Waals surface area contributed by atoms with Crippen LogP contribution in [0.2, 0.25) is 0 Å². The Labute approximate surface area is 207 Å². The summed E-state index contributed by atoms with van der Waals surface area (Å²) in [6.45, 7) is 6.77. The number of nitrogens with one attached hydrogen (secondary N) is 2. The van der Waals surface area contributed by atoms with E-state index in [9.17, 15) is 4.79 Å². The number of aryl methyl sites for hydroxylation is 2. The fourth-order valence-electron chi connectivity index (χ4n) is 2.92. The molecule has 168 valence electrons. The highest BCUT2D eigenvalue weighted by molar-refractivity contribution is 14.0. The molecule has 1 unspecified atom stereocenters. The van der Waals surface area contributed by atoms with Crippen LogP contribution in [0.25, 0.3) is 10.2 Å². The molecule has 0 aliphatic heterocycles. The summed E-state index contributed by atoms with van der Waals surface area (Å²) >= 11 is 3.11. The number of carbonyl (C=O) groups is 1. The zero-order valence-corrected chi connectivity index (χ0v) is 22.1. The highest BCUT2D eigenvalue weighted by Gasteiger charge is 2.20. The first-order valence-electron chi connectivity index (χ1n) is 9.97. The second-order valence-electron chi connectivity index (χ2n) is 6.73. The number of carbonyl (C=O) groups excluding carboxylic acids is 1. The summed E-state index contributed by atoms with van der Waals surface area (Å²) in [6, 6.07) is 8.14. The summed E-state index contributed by atoms with van der Waals surface area (Å²) in [7, 11) is 1.74. The summed E-state index contributed by atoms with van der Waals surface area (Å²) in [5.41, 5.74) is 1.76. The standard InChI is InChI=1S/C21H27N5O2S2.HI/c1-5-28-20(27)18-13(2)24-19(30-18)14(3)25-21(22-4)23-12-8-11-17-26-15-9-6-7-10-16(15)29-17;/h6-7,9-10,14H,5,8,11-12H2,1-4H3,(H2,22,23,25);1H. The number of esters is 1. The van der Waals surface area contributed by atoms with Crippen LogP contribution in [0.3, 0.4) is 0 Å². The summed E-state index contributed by atoms with van der Waals surface area (Å²) in [5.74, 6) is 0.389. The first-order valence-corrected chi connectivity index (χ1v) is 11.6. The first-order chi connectivity index (χ1) is 14.5. The summed E-state index contributed by atoms with van der Waals surface area (Å²) in [6.07, 6.45) is 1.88. The molecule has 0 radical (unpaired) electrons. The predicted octanol–water partition coefficient (Wildman–Crippen LogP) is 4.71. The van der Waals surface area contributed by atoms with Crippen molar-refractivity contribution in [3.63, 3.8) is 0 Å². The molecule has 0 bridgehead atoms. The van der Waals surface area contributed by atoms with Gasteiger partial charge in [-0.25, -0.2) is 14.8 Å². The van der Waals surface area contributed by atoms with Crippen molar-refractivity contribution in [1.82, 2.24) is 20.6 Å². The molecule has 0 spiro atoms. The minimum atomic E-state index is -0.316. The molecule has 0 fully saturated rings. The minimum Gasteiger partial charge on any atom is -0.462 e. The van der Waals surface area contributed by atoms with E-state index in [0.29, 0.717) is 23.1 Å². The Balaban J connectivity index is 0.00000341. The lowest BCUT2D eigenvalue weighted by molar-refractivity contribution is 0.0531. The van der Waals surface area contributed by atoms with Gasteiger partial charge in [-0.3, -0.25) is 4.99 Å². The van der Waals surface area contributed by atoms with E-state index in [1.807, 2.05) is 26.0 Å². The number of ether oxygens (including phenoxy) is 1. The van der Waals surface area contributed by atoms with Crippen molar-refractivity contribution in [1.29, 1.82) is 0 Å². The van der Waals surface area contributed by atoms with Crippen molar-refractivity contribution < 1.29 is 9.53 Å². The van der Waals surface area contributed by atoms with E-state index in [1.165, 1.54) is 16.0 Å². The number of benzene rings is 1. The van der Waals surface area contributed by atoms with E-state index in [1.54, 1.807) is 25.3 Å². The molecule has 0 aliphatic carbocycles. The highest BCUT2D eigenvalue weighted by Crippen LogP contribution is 2.24. The molecule has 10 heteroatoms. The van der Waals surface area contributed by atoms with Crippen LogP contribution in [0.5, 0.6) is 0 Å². The lowest BCUT2D eigenvalue weighted by atomic mass is 10.3. The SMILES string of the molecule is CCOC(=O)c1sc(C(C)NC(=NC)NCCCc2nc3ccccc3s2)nc1C.I. The van der Waals surface area contributed by atoms with Crippen molar-refractivity contribution in [2.45, 2.75) is 39.7 Å².